The van der Waals surface area contributed by atoms with Gasteiger partial charge < -0.3 is 0 Å². The molecule has 154 valence electrons. The Morgan fingerprint density at radius 3 is 1.62 bits per heavy atom. The largest absolute Gasteiger partial charge is 0.210 e. The van der Waals surface area contributed by atoms with Crippen LogP contribution in [0.5, 0.6) is 0 Å². The normalized spacial score (nSPS) is 13.6. The van der Waals surface area contributed by atoms with Crippen LogP contribution in [0.15, 0.2) is 66.7 Å². The number of aryl methyl sites for hydroxylation is 4. The summed E-state index contributed by atoms with van der Waals surface area (Å²) >= 11 is 1.41. The van der Waals surface area contributed by atoms with Crippen molar-refractivity contribution in [2.24, 2.45) is 0 Å². The van der Waals surface area contributed by atoms with Gasteiger partial charge in [0.1, 0.15) is 0 Å². The van der Waals surface area contributed by atoms with E-state index in [1.165, 1.54) is 86.0 Å². The van der Waals surface area contributed by atoms with Crippen molar-refractivity contribution in [3.8, 4) is 0 Å². The third-order valence-corrected chi connectivity index (χ3v) is 8.36. The smallest absolute Gasteiger partial charge is 0.0512 e. The Balaban J connectivity index is 0.000000210. The molecule has 0 N–H and O–H groups in total. The van der Waals surface area contributed by atoms with Crippen molar-refractivity contribution >= 4 is 31.0 Å². The summed E-state index contributed by atoms with van der Waals surface area (Å²) in [5, 5.41) is 0. The molecule has 0 fully saturated rings. The van der Waals surface area contributed by atoms with Crippen LogP contribution in [0.1, 0.15) is 53.5 Å². The summed E-state index contributed by atoms with van der Waals surface area (Å²) in [5.41, 5.74) is 7.91. The molecule has 0 amide bonds. The summed E-state index contributed by atoms with van der Waals surface area (Å²) in [6.45, 7) is 0. The molecule has 0 radical (unpaired) electrons. The minimum Gasteiger partial charge on any atom is -0.210 e. The first kappa shape index (κ1) is 26.6. The maximum Gasteiger partial charge on any atom is -0.0512 e. The van der Waals surface area contributed by atoms with Gasteiger partial charge in [0, 0.05) is 0 Å². The average molecular weight is 610 g/mol. The minimum absolute atomic E-state index is 0. The van der Waals surface area contributed by atoms with Crippen molar-refractivity contribution in [3.05, 3.63) is 94.5 Å². The first-order chi connectivity index (χ1) is 13.4. The van der Waals surface area contributed by atoms with Crippen LogP contribution in [0, 0.1) is 0 Å². The quantitative estimate of drug-likeness (QED) is 0.230. The molecule has 0 unspecified atom stereocenters. The molecule has 0 atom stereocenters. The number of halogens is 2. The Kier molecular flexibility index (Phi) is 14.1. The summed E-state index contributed by atoms with van der Waals surface area (Å²) in [6, 6.07) is 25.5. The van der Waals surface area contributed by atoms with E-state index in [4.69, 9.17) is 0 Å². The topological polar surface area (TPSA) is 0 Å². The van der Waals surface area contributed by atoms with E-state index in [2.05, 4.69) is 66.7 Å². The zero-order valence-electron chi connectivity index (χ0n) is 17.1. The van der Waals surface area contributed by atoms with Crippen LogP contribution in [0.4, 0.5) is 0 Å². The van der Waals surface area contributed by atoms with E-state index >= 15 is 0 Å². The van der Waals surface area contributed by atoms with Crippen molar-refractivity contribution in [3.63, 3.8) is 0 Å². The second-order valence-electron chi connectivity index (χ2n) is 7.46. The molecular formula is C25H32Cl2HfSi. The molecule has 2 aliphatic rings. The maximum atomic E-state index is 2.26. The van der Waals surface area contributed by atoms with E-state index in [9.17, 15) is 0 Å². The number of hydrogen-bond acceptors (Lipinski definition) is 0. The summed E-state index contributed by atoms with van der Waals surface area (Å²) < 4.78 is 0. The predicted molar refractivity (Wildman–Crippen MR) is 129 cm³/mol. The summed E-state index contributed by atoms with van der Waals surface area (Å²) in [6.07, 6.45) is 11.7. The molecule has 0 saturated heterocycles. The molecule has 0 aromatic heterocycles. The van der Waals surface area contributed by atoms with Crippen molar-refractivity contribution in [1.82, 2.24) is 0 Å². The molecule has 5 rings (SSSR count). The fourth-order valence-electron chi connectivity index (χ4n) is 3.96. The van der Waals surface area contributed by atoms with Crippen molar-refractivity contribution in [1.29, 1.82) is 0 Å². The van der Waals surface area contributed by atoms with Gasteiger partial charge in [-0.25, -0.2) is 12.1 Å². The molecule has 0 spiro atoms. The van der Waals surface area contributed by atoms with Gasteiger partial charge in [-0.2, -0.15) is 46.5 Å². The van der Waals surface area contributed by atoms with Gasteiger partial charge in [-0.3, -0.25) is 0 Å². The summed E-state index contributed by atoms with van der Waals surface area (Å²) in [5.74, 6) is 0. The monoisotopic (exact) mass is 610 g/mol. The van der Waals surface area contributed by atoms with Crippen LogP contribution in [-0.4, -0.2) is 6.22 Å². The Labute approximate surface area is 204 Å². The molecule has 0 bridgehead atoms. The van der Waals surface area contributed by atoms with Crippen LogP contribution >= 0.6 is 24.8 Å². The van der Waals surface area contributed by atoms with Crippen LogP contribution in [0.2, 0.25) is 0 Å². The minimum atomic E-state index is 0. The first-order valence-electron chi connectivity index (χ1n) is 10.4. The zero-order chi connectivity index (χ0) is 18.7. The van der Waals surface area contributed by atoms with Crippen molar-refractivity contribution in [2.75, 3.05) is 0 Å². The Morgan fingerprint density at radius 2 is 1.17 bits per heavy atom. The number of rotatable bonds is 2. The van der Waals surface area contributed by atoms with Gasteiger partial charge in [-0.05, 0) is 0 Å². The van der Waals surface area contributed by atoms with Crippen LogP contribution in [0.25, 0.3) is 0 Å². The Morgan fingerprint density at radius 1 is 0.690 bits per heavy atom. The summed E-state index contributed by atoms with van der Waals surface area (Å²) in [4.78, 5) is 0. The molecule has 0 nitrogen and oxygen atoms in total. The van der Waals surface area contributed by atoms with Gasteiger partial charge in [0.25, 0.3) is 0 Å². The Hall–Kier alpha value is -0.413. The van der Waals surface area contributed by atoms with E-state index in [1.54, 1.807) is 22.3 Å². The molecule has 3 aromatic carbocycles. The third kappa shape index (κ3) is 9.09. The van der Waals surface area contributed by atoms with E-state index in [0.717, 1.165) is 6.22 Å². The molecule has 0 heterocycles. The second kappa shape index (κ2) is 15.4. The SMILES string of the molecule is Cl.Cl.[Hf+2]=[SiH]Cc1ccccc1.c1cc2c([cH-]1)CCCC2.c1cc2c([cH-]1)CCCC2. The van der Waals surface area contributed by atoms with Crippen LogP contribution in [-0.2, 0) is 54.7 Å². The molecule has 3 aromatic rings. The molecule has 0 aliphatic heterocycles. The van der Waals surface area contributed by atoms with Crippen molar-refractivity contribution < 1.29 is 23.0 Å². The number of fused-ring (bicyclic) bond motifs is 2. The molecule has 0 saturated carbocycles. The fraction of sp³-hybridized carbons (Fsp3) is 0.360. The maximum absolute atomic E-state index is 2.26. The summed E-state index contributed by atoms with van der Waals surface area (Å²) in [7, 11) is 0. The Bertz CT molecular complexity index is 720. The predicted octanol–water partition coefficient (Wildman–Crippen LogP) is 6.50. The molecule has 29 heavy (non-hydrogen) atoms. The molecule has 4 heteroatoms. The van der Waals surface area contributed by atoms with Gasteiger partial charge in [-0.1, -0.05) is 51.4 Å². The number of hydrogen-bond donors (Lipinski definition) is 0. The first-order valence-corrected chi connectivity index (χ1v) is 18.0. The van der Waals surface area contributed by atoms with Gasteiger partial charge in [-0.15, -0.1) is 24.8 Å². The zero-order valence-corrected chi connectivity index (χ0v) is 23.5. The van der Waals surface area contributed by atoms with Crippen LogP contribution in [0.3, 0.4) is 0 Å². The standard InChI is InChI=1S/2C9H11.C7H8Si.2ClH.Hf/c2*1-2-5-9-7-3-6-8(9)4-1;8-6-7-4-2-1-3-5-7;;;/h2*3,6-7H,1-2,4-5H2;1-5,8H,6H2;2*1H;/q2*-1;;;;+2. The van der Waals surface area contributed by atoms with Gasteiger partial charge >= 0.3 is 71.2 Å². The number of benzene rings is 1. The van der Waals surface area contributed by atoms with E-state index in [0.29, 0.717) is 0 Å². The van der Waals surface area contributed by atoms with Gasteiger partial charge in [0.15, 0.2) is 0 Å². The van der Waals surface area contributed by atoms with E-state index in [1.807, 2.05) is 0 Å². The fourth-order valence-corrected chi connectivity index (χ4v) is 7.01. The van der Waals surface area contributed by atoms with Crippen molar-refractivity contribution in [2.45, 2.75) is 57.4 Å². The van der Waals surface area contributed by atoms with E-state index in [-0.39, 0.29) is 24.8 Å². The molecular weight excluding hydrogens is 578 g/mol. The van der Waals surface area contributed by atoms with Gasteiger partial charge in [0.05, 0.1) is 0 Å². The average Bonchev–Trinajstić information content (AvgIpc) is 3.39. The molecule has 2 aliphatic carbocycles. The second-order valence-corrected chi connectivity index (χ2v) is 12.7. The van der Waals surface area contributed by atoms with Gasteiger partial charge in [0.2, 0.25) is 0 Å². The van der Waals surface area contributed by atoms with E-state index < -0.39 is 0 Å². The third-order valence-electron chi connectivity index (χ3n) is 5.48. The van der Waals surface area contributed by atoms with Crippen LogP contribution < -0.4 is 0 Å².